The van der Waals surface area contributed by atoms with Gasteiger partial charge in [0.05, 0.1) is 6.20 Å². The molecule has 4 nitrogen and oxygen atoms in total. The molecule has 1 amide bonds. The third-order valence-electron chi connectivity index (χ3n) is 4.00. The van der Waals surface area contributed by atoms with E-state index in [0.717, 1.165) is 12.0 Å². The zero-order valence-corrected chi connectivity index (χ0v) is 11.2. The van der Waals surface area contributed by atoms with Crippen molar-refractivity contribution in [3.63, 3.8) is 0 Å². The van der Waals surface area contributed by atoms with Crippen molar-refractivity contribution < 1.29 is 4.79 Å². The van der Waals surface area contributed by atoms with Crippen LogP contribution < -0.4 is 0 Å². The fraction of sp³-hybridized carbons (Fsp3) is 0.333. The molecule has 0 spiro atoms. The summed E-state index contributed by atoms with van der Waals surface area (Å²) in [5, 5.41) is 4.27. The Bertz CT molecular complexity index is 619. The van der Waals surface area contributed by atoms with Crippen LogP contribution in [0.5, 0.6) is 0 Å². The van der Waals surface area contributed by atoms with E-state index in [2.05, 4.69) is 30.2 Å². The van der Waals surface area contributed by atoms with E-state index < -0.39 is 0 Å². The third kappa shape index (κ3) is 1.84. The number of nitrogens with zero attached hydrogens (tertiary/aromatic N) is 3. The average Bonchev–Trinajstić information content (AvgIpc) is 2.86. The molecule has 1 unspecified atom stereocenters. The lowest BCUT2D eigenvalue weighted by atomic mass is 9.73. The molecule has 3 rings (SSSR count). The van der Waals surface area contributed by atoms with Gasteiger partial charge in [0.2, 0.25) is 6.41 Å². The minimum Gasteiger partial charge on any atom is -0.340 e. The maximum atomic E-state index is 11.2. The number of hydrogen-bond acceptors (Lipinski definition) is 2. The van der Waals surface area contributed by atoms with Crippen molar-refractivity contribution in [1.29, 1.82) is 0 Å². The molecule has 0 aliphatic carbocycles. The standard InChI is InChI=1S/C15H17N3O/c1-15(13-7-16-17(2)9-13)10-18(11-19)8-12-5-3-4-6-14(12)15/h3-7,9,11H,8,10H2,1-2H3. The molecular weight excluding hydrogens is 238 g/mol. The summed E-state index contributed by atoms with van der Waals surface area (Å²) in [4.78, 5) is 13.0. The van der Waals surface area contributed by atoms with E-state index >= 15 is 0 Å². The fourth-order valence-electron chi connectivity index (χ4n) is 2.99. The van der Waals surface area contributed by atoms with Crippen molar-refractivity contribution in [2.45, 2.75) is 18.9 Å². The van der Waals surface area contributed by atoms with E-state index in [1.54, 1.807) is 0 Å². The highest BCUT2D eigenvalue weighted by Gasteiger charge is 2.37. The lowest BCUT2D eigenvalue weighted by molar-refractivity contribution is -0.119. The highest BCUT2D eigenvalue weighted by molar-refractivity contribution is 5.53. The van der Waals surface area contributed by atoms with E-state index in [1.165, 1.54) is 11.1 Å². The van der Waals surface area contributed by atoms with Gasteiger partial charge >= 0.3 is 0 Å². The van der Waals surface area contributed by atoms with E-state index in [0.29, 0.717) is 13.1 Å². The normalized spacial score (nSPS) is 22.1. The maximum absolute atomic E-state index is 11.2. The largest absolute Gasteiger partial charge is 0.340 e. The molecule has 2 heterocycles. The fourth-order valence-corrected chi connectivity index (χ4v) is 2.99. The first kappa shape index (κ1) is 12.0. The quantitative estimate of drug-likeness (QED) is 0.766. The van der Waals surface area contributed by atoms with E-state index in [-0.39, 0.29) is 5.41 Å². The van der Waals surface area contributed by atoms with Gasteiger partial charge in [-0.3, -0.25) is 9.48 Å². The van der Waals surface area contributed by atoms with Gasteiger partial charge in [0.25, 0.3) is 0 Å². The Morgan fingerprint density at radius 3 is 2.84 bits per heavy atom. The Balaban J connectivity index is 2.16. The molecule has 0 radical (unpaired) electrons. The number of aryl methyl sites for hydroxylation is 1. The lowest BCUT2D eigenvalue weighted by Crippen LogP contribution is -2.43. The number of fused-ring (bicyclic) bond motifs is 1. The number of benzene rings is 1. The number of hydrogen-bond donors (Lipinski definition) is 0. The van der Waals surface area contributed by atoms with Gasteiger partial charge in [-0.2, -0.15) is 5.10 Å². The monoisotopic (exact) mass is 255 g/mol. The van der Waals surface area contributed by atoms with Gasteiger partial charge in [-0.15, -0.1) is 0 Å². The van der Waals surface area contributed by atoms with Crippen molar-refractivity contribution in [3.8, 4) is 0 Å². The van der Waals surface area contributed by atoms with Crippen LogP contribution in [0.4, 0.5) is 0 Å². The van der Waals surface area contributed by atoms with Gasteiger partial charge in [0, 0.05) is 37.3 Å². The van der Waals surface area contributed by atoms with Crippen LogP contribution in [0.25, 0.3) is 0 Å². The highest BCUT2D eigenvalue weighted by Crippen LogP contribution is 2.38. The second-order valence-electron chi connectivity index (χ2n) is 5.40. The second-order valence-corrected chi connectivity index (χ2v) is 5.40. The van der Waals surface area contributed by atoms with E-state index in [9.17, 15) is 4.79 Å². The molecule has 1 atom stereocenters. The summed E-state index contributed by atoms with van der Waals surface area (Å²) in [6, 6.07) is 8.34. The summed E-state index contributed by atoms with van der Waals surface area (Å²) in [6.07, 6.45) is 4.86. The van der Waals surface area contributed by atoms with Gasteiger partial charge in [0.1, 0.15) is 0 Å². The van der Waals surface area contributed by atoms with Gasteiger partial charge < -0.3 is 4.90 Å². The van der Waals surface area contributed by atoms with Crippen LogP contribution >= 0.6 is 0 Å². The van der Waals surface area contributed by atoms with E-state index in [4.69, 9.17) is 0 Å². The Morgan fingerprint density at radius 2 is 2.16 bits per heavy atom. The van der Waals surface area contributed by atoms with E-state index in [1.807, 2.05) is 35.1 Å². The first-order chi connectivity index (χ1) is 9.13. The summed E-state index contributed by atoms with van der Waals surface area (Å²) in [5.74, 6) is 0. The van der Waals surface area contributed by atoms with Crippen LogP contribution in [-0.4, -0.2) is 27.6 Å². The summed E-state index contributed by atoms with van der Waals surface area (Å²) in [6.45, 7) is 3.56. The molecule has 1 aliphatic rings. The van der Waals surface area contributed by atoms with Crippen molar-refractivity contribution in [2.24, 2.45) is 7.05 Å². The minimum absolute atomic E-state index is 0.190. The van der Waals surface area contributed by atoms with Crippen LogP contribution in [0, 0.1) is 0 Å². The summed E-state index contributed by atoms with van der Waals surface area (Å²) >= 11 is 0. The van der Waals surface area contributed by atoms with Gasteiger partial charge in [-0.05, 0) is 18.1 Å². The Morgan fingerprint density at radius 1 is 1.37 bits per heavy atom. The van der Waals surface area contributed by atoms with Crippen molar-refractivity contribution in [2.75, 3.05) is 6.54 Å². The minimum atomic E-state index is -0.190. The summed E-state index contributed by atoms with van der Waals surface area (Å²) in [5.41, 5.74) is 3.46. The molecule has 1 aliphatic heterocycles. The molecule has 1 aromatic carbocycles. The van der Waals surface area contributed by atoms with Crippen LogP contribution in [-0.2, 0) is 23.8 Å². The van der Waals surface area contributed by atoms with Gasteiger partial charge in [-0.1, -0.05) is 24.3 Å². The summed E-state index contributed by atoms with van der Waals surface area (Å²) in [7, 11) is 1.92. The molecule has 0 saturated carbocycles. The Kier molecular flexibility index (Phi) is 2.66. The zero-order valence-electron chi connectivity index (χ0n) is 11.2. The maximum Gasteiger partial charge on any atom is 0.210 e. The second kappa shape index (κ2) is 4.23. The molecular formula is C15H17N3O. The number of aromatic nitrogens is 2. The van der Waals surface area contributed by atoms with Gasteiger partial charge in [0.15, 0.2) is 0 Å². The van der Waals surface area contributed by atoms with Crippen LogP contribution in [0.1, 0.15) is 23.6 Å². The molecule has 98 valence electrons. The van der Waals surface area contributed by atoms with Crippen molar-refractivity contribution in [1.82, 2.24) is 14.7 Å². The number of amides is 1. The number of carbonyl (C=O) groups excluding carboxylic acids is 1. The lowest BCUT2D eigenvalue weighted by Gasteiger charge is -2.40. The van der Waals surface area contributed by atoms with Crippen molar-refractivity contribution >= 4 is 6.41 Å². The highest BCUT2D eigenvalue weighted by atomic mass is 16.1. The first-order valence-electron chi connectivity index (χ1n) is 6.40. The predicted molar refractivity (Wildman–Crippen MR) is 72.6 cm³/mol. The molecule has 2 aromatic rings. The molecule has 0 bridgehead atoms. The third-order valence-corrected chi connectivity index (χ3v) is 4.00. The SMILES string of the molecule is Cn1cc(C2(C)CN(C=O)Cc3ccccc32)cn1. The Labute approximate surface area is 112 Å². The number of rotatable bonds is 2. The molecule has 4 heteroatoms. The molecule has 1 aromatic heterocycles. The molecule has 0 N–H and O–H groups in total. The summed E-state index contributed by atoms with van der Waals surface area (Å²) < 4.78 is 1.81. The average molecular weight is 255 g/mol. The van der Waals surface area contributed by atoms with Gasteiger partial charge in [-0.25, -0.2) is 0 Å². The zero-order chi connectivity index (χ0) is 13.5. The Hall–Kier alpha value is -2.10. The van der Waals surface area contributed by atoms with Crippen molar-refractivity contribution in [3.05, 3.63) is 53.3 Å². The molecule has 0 fully saturated rings. The number of carbonyl (C=O) groups is 1. The topological polar surface area (TPSA) is 38.1 Å². The van der Waals surface area contributed by atoms with Crippen LogP contribution in [0.2, 0.25) is 0 Å². The molecule has 0 saturated heterocycles. The predicted octanol–water partition coefficient (Wildman–Crippen LogP) is 1.70. The van der Waals surface area contributed by atoms with Crippen LogP contribution in [0.15, 0.2) is 36.7 Å². The molecule has 19 heavy (non-hydrogen) atoms. The first-order valence-corrected chi connectivity index (χ1v) is 6.40. The smallest absolute Gasteiger partial charge is 0.210 e. The van der Waals surface area contributed by atoms with Crippen LogP contribution in [0.3, 0.4) is 0 Å².